The van der Waals surface area contributed by atoms with Gasteiger partial charge in [0.05, 0.1) is 19.5 Å². The van der Waals surface area contributed by atoms with Gasteiger partial charge in [-0.05, 0) is 0 Å². The lowest BCUT2D eigenvalue weighted by Gasteiger charge is -2.06. The molecule has 3 heteroatoms. The summed E-state index contributed by atoms with van der Waals surface area (Å²) in [4.78, 5) is 0. The quantitative estimate of drug-likeness (QED) is 0.239. The molecule has 1 aliphatic rings. The first kappa shape index (κ1) is 8.54. The molecule has 1 nitrogen and oxygen atoms in total. The third-order valence-electron chi connectivity index (χ3n) is 1.61. The predicted molar refractivity (Wildman–Crippen MR) is 31.5 cm³/mol. The second-order valence-electron chi connectivity index (χ2n) is 2.48. The first-order valence-corrected chi connectivity index (χ1v) is 3.20. The van der Waals surface area contributed by atoms with E-state index >= 15 is 0 Å². The molecule has 1 aliphatic heterocycles. The van der Waals surface area contributed by atoms with E-state index in [1.807, 2.05) is 0 Å². The number of nitrogens with zero attached hydrogens (tertiary/aromatic N) is 1. The van der Waals surface area contributed by atoms with Crippen LogP contribution in [0.25, 0.3) is 0 Å². The third kappa shape index (κ3) is 2.21. The second-order valence-corrected chi connectivity index (χ2v) is 2.86. The van der Waals surface area contributed by atoms with E-state index in [4.69, 9.17) is 11.6 Å². The molecule has 1 fully saturated rings. The fourth-order valence-corrected chi connectivity index (χ4v) is 1.01. The van der Waals surface area contributed by atoms with Gasteiger partial charge in [0.25, 0.3) is 0 Å². The Morgan fingerprint density at radius 1 is 1.50 bits per heavy atom. The van der Waals surface area contributed by atoms with Crippen LogP contribution in [-0.2, 0) is 0 Å². The van der Waals surface area contributed by atoms with Crippen LogP contribution in [0.5, 0.6) is 0 Å². The van der Waals surface area contributed by atoms with Crippen LogP contribution in [0.2, 0.25) is 0 Å². The van der Waals surface area contributed by atoms with E-state index in [0.717, 1.165) is 12.4 Å². The Kier molecular flexibility index (Phi) is 3.10. The van der Waals surface area contributed by atoms with E-state index in [1.54, 1.807) is 0 Å². The van der Waals surface area contributed by atoms with Gasteiger partial charge < -0.3 is 16.9 Å². The Balaban J connectivity index is 0.000000490. The molecule has 1 heterocycles. The van der Waals surface area contributed by atoms with Gasteiger partial charge in [-0.2, -0.15) is 0 Å². The lowest BCUT2D eigenvalue weighted by molar-refractivity contribution is -0.774. The standard InChI is InChI=1S/C5H11ClN.ClH/c1-7(3-2-6)4-5-7;/h2-5H2,1H3;1H/q+1;/p-1. The van der Waals surface area contributed by atoms with Crippen LogP contribution in [0, 0.1) is 0 Å². The molecule has 0 spiro atoms. The van der Waals surface area contributed by atoms with Crippen molar-refractivity contribution in [1.82, 2.24) is 0 Å². The average molecular weight is 156 g/mol. The van der Waals surface area contributed by atoms with Gasteiger partial charge in [0, 0.05) is 0 Å². The Bertz CT molecular complexity index is 70.8. The molecule has 1 saturated heterocycles. The van der Waals surface area contributed by atoms with E-state index in [9.17, 15) is 0 Å². The zero-order chi connectivity index (χ0) is 5.33. The molecule has 1 rings (SSSR count). The number of quaternary nitrogens is 1. The molecule has 8 heavy (non-hydrogen) atoms. The molecule has 0 aromatic heterocycles. The van der Waals surface area contributed by atoms with Gasteiger partial charge in [-0.1, -0.05) is 0 Å². The Morgan fingerprint density at radius 2 is 2.00 bits per heavy atom. The average Bonchev–Trinajstić information content (AvgIpc) is 2.22. The molecule has 0 atom stereocenters. The van der Waals surface area contributed by atoms with E-state index < -0.39 is 0 Å². The molecule has 0 aromatic carbocycles. The maximum Gasteiger partial charge on any atom is 0.128 e. The largest absolute Gasteiger partial charge is 1.00 e. The lowest BCUT2D eigenvalue weighted by Crippen LogP contribution is -3.00. The topological polar surface area (TPSA) is 0 Å². The molecule has 50 valence electrons. The molecule has 0 saturated carbocycles. The number of halogens is 2. The first-order valence-electron chi connectivity index (χ1n) is 2.66. The fourth-order valence-electron chi connectivity index (χ4n) is 0.598. The van der Waals surface area contributed by atoms with Crippen LogP contribution in [0.4, 0.5) is 0 Å². The van der Waals surface area contributed by atoms with Crippen LogP contribution in [0.1, 0.15) is 0 Å². The molecule has 0 unspecified atom stereocenters. The highest BCUT2D eigenvalue weighted by atomic mass is 35.5. The van der Waals surface area contributed by atoms with Crippen molar-refractivity contribution in [2.45, 2.75) is 0 Å². The maximum atomic E-state index is 5.51. The molecular formula is C5H11Cl2N. The van der Waals surface area contributed by atoms with Crippen molar-refractivity contribution in [3.8, 4) is 0 Å². The van der Waals surface area contributed by atoms with E-state index in [1.165, 1.54) is 17.6 Å². The van der Waals surface area contributed by atoms with Crippen molar-refractivity contribution >= 4 is 11.6 Å². The Morgan fingerprint density at radius 3 is 2.12 bits per heavy atom. The summed E-state index contributed by atoms with van der Waals surface area (Å²) in [6.45, 7) is 3.83. The monoisotopic (exact) mass is 155 g/mol. The third-order valence-corrected chi connectivity index (χ3v) is 1.78. The summed E-state index contributed by atoms with van der Waals surface area (Å²) in [5, 5.41) is 0. The summed E-state index contributed by atoms with van der Waals surface area (Å²) in [6, 6.07) is 0. The molecule has 0 amide bonds. The number of rotatable bonds is 2. The van der Waals surface area contributed by atoms with E-state index in [-0.39, 0.29) is 12.4 Å². The van der Waals surface area contributed by atoms with Crippen LogP contribution in [0.3, 0.4) is 0 Å². The van der Waals surface area contributed by atoms with Crippen LogP contribution < -0.4 is 12.4 Å². The molecule has 0 N–H and O–H groups in total. The smallest absolute Gasteiger partial charge is 0.128 e. The normalized spacial score (nSPS) is 21.8. The van der Waals surface area contributed by atoms with Gasteiger partial charge in [0.15, 0.2) is 0 Å². The summed E-state index contributed by atoms with van der Waals surface area (Å²) < 4.78 is 1.21. The fraction of sp³-hybridized carbons (Fsp3) is 1.00. The molecule has 0 bridgehead atoms. The van der Waals surface area contributed by atoms with Crippen LogP contribution >= 0.6 is 11.6 Å². The van der Waals surface area contributed by atoms with Gasteiger partial charge >= 0.3 is 0 Å². The van der Waals surface area contributed by atoms with Crippen molar-refractivity contribution in [1.29, 1.82) is 0 Å². The van der Waals surface area contributed by atoms with E-state index in [2.05, 4.69) is 7.05 Å². The number of alkyl halides is 1. The van der Waals surface area contributed by atoms with Crippen molar-refractivity contribution in [3.05, 3.63) is 0 Å². The summed E-state index contributed by atoms with van der Waals surface area (Å²) in [7, 11) is 2.24. The maximum absolute atomic E-state index is 5.51. The van der Waals surface area contributed by atoms with Crippen LogP contribution in [-0.4, -0.2) is 37.0 Å². The SMILES string of the molecule is C[N+]1(CCCl)CC1.[Cl-]. The number of hydrogen-bond acceptors (Lipinski definition) is 0. The van der Waals surface area contributed by atoms with Gasteiger partial charge in [0.2, 0.25) is 0 Å². The lowest BCUT2D eigenvalue weighted by atomic mass is 10.7. The van der Waals surface area contributed by atoms with Crippen molar-refractivity contribution in [2.75, 3.05) is 32.6 Å². The van der Waals surface area contributed by atoms with Crippen molar-refractivity contribution in [3.63, 3.8) is 0 Å². The van der Waals surface area contributed by atoms with Gasteiger partial charge in [-0.3, -0.25) is 0 Å². The van der Waals surface area contributed by atoms with Gasteiger partial charge in [-0.15, -0.1) is 11.6 Å². The molecule has 0 aliphatic carbocycles. The summed E-state index contributed by atoms with van der Waals surface area (Å²) in [5.41, 5.74) is 0. The Labute approximate surface area is 61.6 Å². The number of hydrogen-bond donors (Lipinski definition) is 0. The Hall–Kier alpha value is 0.540. The minimum Gasteiger partial charge on any atom is -1.00 e. The molecular weight excluding hydrogens is 145 g/mol. The highest BCUT2D eigenvalue weighted by Gasteiger charge is 2.35. The molecule has 0 radical (unpaired) electrons. The highest BCUT2D eigenvalue weighted by Crippen LogP contribution is 2.15. The van der Waals surface area contributed by atoms with Crippen LogP contribution in [0.15, 0.2) is 0 Å². The predicted octanol–water partition coefficient (Wildman–Crippen LogP) is -2.31. The summed E-state index contributed by atoms with van der Waals surface area (Å²) >= 11 is 5.51. The summed E-state index contributed by atoms with van der Waals surface area (Å²) in [6.07, 6.45) is 0. The second kappa shape index (κ2) is 2.90. The van der Waals surface area contributed by atoms with Gasteiger partial charge in [0.1, 0.15) is 13.1 Å². The van der Waals surface area contributed by atoms with Gasteiger partial charge in [-0.25, -0.2) is 0 Å². The van der Waals surface area contributed by atoms with E-state index in [0.29, 0.717) is 0 Å². The first-order chi connectivity index (χ1) is 3.27. The minimum atomic E-state index is 0. The van der Waals surface area contributed by atoms with Crippen molar-refractivity contribution < 1.29 is 16.9 Å². The zero-order valence-corrected chi connectivity index (χ0v) is 6.54. The minimum absolute atomic E-state index is 0. The number of likely N-dealkylation sites (N-methyl/N-ethyl adjacent to an activating group) is 1. The van der Waals surface area contributed by atoms with Crippen molar-refractivity contribution in [2.24, 2.45) is 0 Å². The summed E-state index contributed by atoms with van der Waals surface area (Å²) in [5.74, 6) is 0.816. The highest BCUT2D eigenvalue weighted by molar-refractivity contribution is 6.17. The zero-order valence-electron chi connectivity index (χ0n) is 5.03. The molecule has 0 aromatic rings.